The summed E-state index contributed by atoms with van der Waals surface area (Å²) in [6, 6.07) is 9.13. The zero-order valence-electron chi connectivity index (χ0n) is 12.7. The van der Waals surface area contributed by atoms with Crippen LogP contribution in [0.15, 0.2) is 30.3 Å². The molecule has 22 heavy (non-hydrogen) atoms. The van der Waals surface area contributed by atoms with Gasteiger partial charge < -0.3 is 20.1 Å². The van der Waals surface area contributed by atoms with Crippen molar-refractivity contribution in [1.82, 2.24) is 5.32 Å². The lowest BCUT2D eigenvalue weighted by Crippen LogP contribution is -2.49. The predicted molar refractivity (Wildman–Crippen MR) is 82.5 cm³/mol. The van der Waals surface area contributed by atoms with Crippen LogP contribution in [0.3, 0.4) is 0 Å². The van der Waals surface area contributed by atoms with Gasteiger partial charge in [-0.25, -0.2) is 0 Å². The maximum Gasteiger partial charge on any atom is 0.224 e. The van der Waals surface area contributed by atoms with Crippen molar-refractivity contribution in [3.8, 4) is 0 Å². The first-order valence-electron chi connectivity index (χ1n) is 7.44. The number of anilines is 1. The quantitative estimate of drug-likeness (QED) is 0.831. The zero-order valence-corrected chi connectivity index (χ0v) is 12.7. The van der Waals surface area contributed by atoms with Crippen LogP contribution in [0.1, 0.15) is 19.3 Å². The second kappa shape index (κ2) is 8.51. The van der Waals surface area contributed by atoms with Gasteiger partial charge in [0.05, 0.1) is 12.6 Å². The van der Waals surface area contributed by atoms with Crippen molar-refractivity contribution in [2.75, 3.05) is 25.6 Å². The molecule has 2 atom stereocenters. The van der Waals surface area contributed by atoms with Crippen molar-refractivity contribution in [1.29, 1.82) is 0 Å². The number of hydrogen-bond donors (Lipinski definition) is 2. The number of hydrogen-bond acceptors (Lipinski definition) is 4. The third kappa shape index (κ3) is 5.13. The maximum atomic E-state index is 11.9. The van der Waals surface area contributed by atoms with Crippen molar-refractivity contribution in [3.05, 3.63) is 30.3 Å². The van der Waals surface area contributed by atoms with E-state index in [2.05, 4.69) is 10.6 Å². The zero-order chi connectivity index (χ0) is 15.8. The van der Waals surface area contributed by atoms with Gasteiger partial charge in [0.1, 0.15) is 6.10 Å². The molecule has 0 unspecified atom stereocenters. The minimum absolute atomic E-state index is 0.0524. The molecule has 0 aliphatic carbocycles. The van der Waals surface area contributed by atoms with Crippen LogP contribution in [0.5, 0.6) is 0 Å². The number of benzene rings is 1. The van der Waals surface area contributed by atoms with Crippen molar-refractivity contribution in [2.45, 2.75) is 31.4 Å². The molecule has 1 fully saturated rings. The molecule has 120 valence electrons. The van der Waals surface area contributed by atoms with Crippen LogP contribution in [0.4, 0.5) is 5.69 Å². The van der Waals surface area contributed by atoms with Crippen LogP contribution in [-0.2, 0) is 19.1 Å². The van der Waals surface area contributed by atoms with E-state index in [4.69, 9.17) is 9.47 Å². The van der Waals surface area contributed by atoms with E-state index in [1.807, 2.05) is 30.3 Å². The summed E-state index contributed by atoms with van der Waals surface area (Å²) in [6.45, 7) is 1.09. The number of nitrogens with one attached hydrogen (secondary N) is 2. The SMILES string of the molecule is CO[C@@H]1COCC[C@H]1NC(=O)CCC(=O)Nc1ccccc1. The monoisotopic (exact) mass is 306 g/mol. The normalized spacial score (nSPS) is 21.1. The molecular weight excluding hydrogens is 284 g/mol. The van der Waals surface area contributed by atoms with E-state index in [1.54, 1.807) is 7.11 Å². The molecule has 2 rings (SSSR count). The highest BCUT2D eigenvalue weighted by molar-refractivity contribution is 5.93. The summed E-state index contributed by atoms with van der Waals surface area (Å²) in [6.07, 6.45) is 0.907. The molecule has 2 amide bonds. The summed E-state index contributed by atoms with van der Waals surface area (Å²) in [5, 5.41) is 5.67. The van der Waals surface area contributed by atoms with E-state index < -0.39 is 0 Å². The Kier molecular flexibility index (Phi) is 6.36. The third-order valence-electron chi connectivity index (χ3n) is 3.59. The predicted octanol–water partition coefficient (Wildman–Crippen LogP) is 1.33. The molecule has 6 heteroatoms. The summed E-state index contributed by atoms with van der Waals surface area (Å²) in [7, 11) is 1.60. The number of amides is 2. The van der Waals surface area contributed by atoms with Gasteiger partial charge >= 0.3 is 0 Å². The first-order chi connectivity index (χ1) is 10.7. The molecule has 0 spiro atoms. The minimum atomic E-state index is -0.170. The second-order valence-electron chi connectivity index (χ2n) is 5.23. The van der Waals surface area contributed by atoms with E-state index in [0.29, 0.717) is 13.2 Å². The molecular formula is C16H22N2O4. The van der Waals surface area contributed by atoms with E-state index in [1.165, 1.54) is 0 Å². The van der Waals surface area contributed by atoms with E-state index in [9.17, 15) is 9.59 Å². The average molecular weight is 306 g/mol. The Morgan fingerprint density at radius 3 is 2.68 bits per heavy atom. The maximum absolute atomic E-state index is 11.9. The van der Waals surface area contributed by atoms with Crippen LogP contribution in [0.2, 0.25) is 0 Å². The van der Waals surface area contributed by atoms with Crippen LogP contribution in [0, 0.1) is 0 Å². The first-order valence-corrected chi connectivity index (χ1v) is 7.44. The van der Waals surface area contributed by atoms with Crippen LogP contribution in [0.25, 0.3) is 0 Å². The minimum Gasteiger partial charge on any atom is -0.379 e. The fourth-order valence-corrected chi connectivity index (χ4v) is 2.36. The Hall–Kier alpha value is -1.92. The van der Waals surface area contributed by atoms with Crippen molar-refractivity contribution in [3.63, 3.8) is 0 Å². The molecule has 0 saturated carbocycles. The molecule has 2 N–H and O–H groups in total. The van der Waals surface area contributed by atoms with Gasteiger partial charge in [0.2, 0.25) is 11.8 Å². The second-order valence-corrected chi connectivity index (χ2v) is 5.23. The van der Waals surface area contributed by atoms with Gasteiger partial charge in [-0.05, 0) is 18.6 Å². The molecule has 1 saturated heterocycles. The van der Waals surface area contributed by atoms with Gasteiger partial charge in [-0.3, -0.25) is 9.59 Å². The lowest BCUT2D eigenvalue weighted by Gasteiger charge is -2.31. The Labute approximate surface area is 130 Å². The molecule has 1 aliphatic rings. The van der Waals surface area contributed by atoms with Gasteiger partial charge in [-0.1, -0.05) is 18.2 Å². The van der Waals surface area contributed by atoms with Crippen LogP contribution < -0.4 is 10.6 Å². The largest absolute Gasteiger partial charge is 0.379 e. The molecule has 1 heterocycles. The number of methoxy groups -OCH3 is 1. The number of rotatable bonds is 6. The van der Waals surface area contributed by atoms with E-state index in [-0.39, 0.29) is 36.8 Å². The fraction of sp³-hybridized carbons (Fsp3) is 0.500. The van der Waals surface area contributed by atoms with Crippen LogP contribution >= 0.6 is 0 Å². The highest BCUT2D eigenvalue weighted by Gasteiger charge is 2.26. The van der Waals surface area contributed by atoms with E-state index >= 15 is 0 Å². The summed E-state index contributed by atoms with van der Waals surface area (Å²) >= 11 is 0. The van der Waals surface area contributed by atoms with Gasteiger partial charge in [0.25, 0.3) is 0 Å². The third-order valence-corrected chi connectivity index (χ3v) is 3.59. The first kappa shape index (κ1) is 16.5. The smallest absolute Gasteiger partial charge is 0.224 e. The number of para-hydroxylation sites is 1. The van der Waals surface area contributed by atoms with E-state index in [0.717, 1.165) is 12.1 Å². The molecule has 0 radical (unpaired) electrons. The lowest BCUT2D eigenvalue weighted by atomic mass is 10.1. The Balaban J connectivity index is 1.71. The fourth-order valence-electron chi connectivity index (χ4n) is 2.36. The topological polar surface area (TPSA) is 76.7 Å². The summed E-state index contributed by atoms with van der Waals surface area (Å²) in [5.74, 6) is -0.311. The highest BCUT2D eigenvalue weighted by atomic mass is 16.5. The Morgan fingerprint density at radius 2 is 1.95 bits per heavy atom. The highest BCUT2D eigenvalue weighted by Crippen LogP contribution is 2.11. The van der Waals surface area contributed by atoms with Crippen molar-refractivity contribution in [2.24, 2.45) is 0 Å². The number of ether oxygens (including phenoxy) is 2. The molecule has 1 aromatic rings. The van der Waals surface area contributed by atoms with Gasteiger partial charge in [0, 0.05) is 32.2 Å². The molecule has 1 aliphatic heterocycles. The molecule has 0 aromatic heterocycles. The summed E-state index contributed by atoms with van der Waals surface area (Å²) in [5.41, 5.74) is 0.733. The Bertz CT molecular complexity index is 492. The van der Waals surface area contributed by atoms with Gasteiger partial charge in [-0.15, -0.1) is 0 Å². The summed E-state index contributed by atoms with van der Waals surface area (Å²) < 4.78 is 10.6. The van der Waals surface area contributed by atoms with Gasteiger partial charge in [-0.2, -0.15) is 0 Å². The number of carbonyl (C=O) groups excluding carboxylic acids is 2. The average Bonchev–Trinajstić information content (AvgIpc) is 2.54. The molecule has 6 nitrogen and oxygen atoms in total. The van der Waals surface area contributed by atoms with Crippen molar-refractivity contribution < 1.29 is 19.1 Å². The Morgan fingerprint density at radius 1 is 1.23 bits per heavy atom. The summed E-state index contributed by atoms with van der Waals surface area (Å²) in [4.78, 5) is 23.7. The van der Waals surface area contributed by atoms with Crippen LogP contribution in [-0.4, -0.2) is 44.3 Å². The van der Waals surface area contributed by atoms with Gasteiger partial charge in [0.15, 0.2) is 0 Å². The van der Waals surface area contributed by atoms with Crippen molar-refractivity contribution >= 4 is 17.5 Å². The lowest BCUT2D eigenvalue weighted by molar-refractivity contribution is -0.127. The molecule has 0 bridgehead atoms. The number of carbonyl (C=O) groups is 2. The standard InChI is InChI=1S/C16H22N2O4/c1-21-14-11-22-10-9-13(14)18-16(20)8-7-15(19)17-12-5-3-2-4-6-12/h2-6,13-14H,7-11H2,1H3,(H,17,19)(H,18,20)/t13-,14-/m1/s1. The molecule has 1 aromatic carbocycles.